The molecule has 1 aliphatic carbocycles. The summed E-state index contributed by atoms with van der Waals surface area (Å²) < 4.78 is 11.2. The Morgan fingerprint density at radius 2 is 2.18 bits per heavy atom. The molecule has 0 radical (unpaired) electrons. The fourth-order valence-electron chi connectivity index (χ4n) is 3.27. The van der Waals surface area contributed by atoms with E-state index in [2.05, 4.69) is 6.92 Å². The first-order valence-electron chi connectivity index (χ1n) is 8.29. The number of carboxylic acid groups (broad SMARTS) is 1. The summed E-state index contributed by atoms with van der Waals surface area (Å²) in [7, 11) is 0. The van der Waals surface area contributed by atoms with Crippen molar-refractivity contribution in [1.29, 1.82) is 0 Å². The average Bonchev–Trinajstić information content (AvgIpc) is 2.52. The van der Waals surface area contributed by atoms with E-state index in [4.69, 9.17) is 14.6 Å². The summed E-state index contributed by atoms with van der Waals surface area (Å²) in [5.41, 5.74) is 0. The molecule has 2 fully saturated rings. The van der Waals surface area contributed by atoms with E-state index in [9.17, 15) is 9.59 Å². The van der Waals surface area contributed by atoms with Gasteiger partial charge in [0.1, 0.15) is 6.10 Å². The van der Waals surface area contributed by atoms with E-state index in [1.165, 1.54) is 6.42 Å². The van der Waals surface area contributed by atoms with Crippen molar-refractivity contribution in [1.82, 2.24) is 4.90 Å². The zero-order valence-corrected chi connectivity index (χ0v) is 13.5. The summed E-state index contributed by atoms with van der Waals surface area (Å²) in [6.45, 7) is 4.96. The third-order valence-corrected chi connectivity index (χ3v) is 4.54. The van der Waals surface area contributed by atoms with Crippen LogP contribution in [0.15, 0.2) is 0 Å². The smallest absolute Gasteiger partial charge is 0.334 e. The fraction of sp³-hybridized carbons (Fsp3) is 0.875. The third-order valence-electron chi connectivity index (χ3n) is 4.54. The van der Waals surface area contributed by atoms with Crippen LogP contribution in [0.3, 0.4) is 0 Å². The number of nitrogens with zero attached hydrogens (tertiary/aromatic N) is 1. The monoisotopic (exact) mass is 313 g/mol. The van der Waals surface area contributed by atoms with Crippen molar-refractivity contribution in [3.05, 3.63) is 0 Å². The van der Waals surface area contributed by atoms with Crippen LogP contribution >= 0.6 is 0 Å². The van der Waals surface area contributed by atoms with Crippen molar-refractivity contribution in [2.24, 2.45) is 5.92 Å². The second-order valence-electron chi connectivity index (χ2n) is 6.41. The molecule has 6 nitrogen and oxygen atoms in total. The fourth-order valence-corrected chi connectivity index (χ4v) is 3.27. The minimum atomic E-state index is -1.02. The minimum Gasteiger partial charge on any atom is -0.479 e. The zero-order valence-electron chi connectivity index (χ0n) is 13.5. The molecule has 0 spiro atoms. The second-order valence-corrected chi connectivity index (χ2v) is 6.41. The van der Waals surface area contributed by atoms with Crippen molar-refractivity contribution >= 4 is 11.9 Å². The number of amides is 1. The Kier molecular flexibility index (Phi) is 6.20. The Balaban J connectivity index is 1.91. The maximum Gasteiger partial charge on any atom is 0.334 e. The highest BCUT2D eigenvalue weighted by Crippen LogP contribution is 2.27. The molecule has 1 aliphatic heterocycles. The lowest BCUT2D eigenvalue weighted by Gasteiger charge is -2.35. The van der Waals surface area contributed by atoms with E-state index in [1.54, 1.807) is 4.90 Å². The number of hydrogen-bond acceptors (Lipinski definition) is 4. The third kappa shape index (κ3) is 4.43. The van der Waals surface area contributed by atoms with Crippen molar-refractivity contribution in [3.8, 4) is 0 Å². The lowest BCUT2D eigenvalue weighted by atomic mass is 9.88. The van der Waals surface area contributed by atoms with Crippen LogP contribution in [-0.4, -0.2) is 59.9 Å². The molecule has 1 saturated heterocycles. The topological polar surface area (TPSA) is 76.1 Å². The summed E-state index contributed by atoms with van der Waals surface area (Å²) in [4.78, 5) is 25.2. The van der Waals surface area contributed by atoms with Gasteiger partial charge in [-0.3, -0.25) is 4.79 Å². The average molecular weight is 313 g/mol. The molecule has 2 aliphatic rings. The molecule has 2 rings (SSSR count). The Bertz CT molecular complexity index is 400. The Morgan fingerprint density at radius 1 is 1.41 bits per heavy atom. The number of carboxylic acids is 1. The normalized spacial score (nSPS) is 30.8. The number of ether oxygens (including phenoxy) is 2. The van der Waals surface area contributed by atoms with Gasteiger partial charge >= 0.3 is 5.97 Å². The van der Waals surface area contributed by atoms with Gasteiger partial charge in [0.25, 0.3) is 5.91 Å². The molecular weight excluding hydrogens is 286 g/mol. The van der Waals surface area contributed by atoms with Gasteiger partial charge in [0.2, 0.25) is 0 Å². The molecular formula is C16H27NO5. The maximum atomic E-state index is 12.6. The van der Waals surface area contributed by atoms with Crippen LogP contribution in [0.5, 0.6) is 0 Å². The lowest BCUT2D eigenvalue weighted by Crippen LogP contribution is -2.52. The van der Waals surface area contributed by atoms with Crippen molar-refractivity contribution in [2.75, 3.05) is 19.7 Å². The summed E-state index contributed by atoms with van der Waals surface area (Å²) in [6, 6.07) is 0. The molecule has 1 amide bonds. The van der Waals surface area contributed by atoms with Gasteiger partial charge in [-0.15, -0.1) is 0 Å². The number of hydrogen-bond donors (Lipinski definition) is 1. The quantitative estimate of drug-likeness (QED) is 0.835. The van der Waals surface area contributed by atoms with Crippen LogP contribution in [0.1, 0.15) is 46.0 Å². The summed E-state index contributed by atoms with van der Waals surface area (Å²) in [6.07, 6.45) is 3.75. The summed E-state index contributed by atoms with van der Waals surface area (Å²) in [5, 5.41) is 9.03. The van der Waals surface area contributed by atoms with Gasteiger partial charge in [-0.05, 0) is 25.2 Å². The van der Waals surface area contributed by atoms with Gasteiger partial charge in [0, 0.05) is 6.54 Å². The lowest BCUT2D eigenvalue weighted by molar-refractivity contribution is -0.166. The molecule has 126 valence electrons. The van der Waals surface area contributed by atoms with E-state index in [-0.39, 0.29) is 25.2 Å². The molecule has 1 saturated carbocycles. The van der Waals surface area contributed by atoms with Gasteiger partial charge in [-0.1, -0.05) is 26.7 Å². The Labute approximate surface area is 131 Å². The van der Waals surface area contributed by atoms with Crippen LogP contribution in [0.2, 0.25) is 0 Å². The van der Waals surface area contributed by atoms with Crippen LogP contribution < -0.4 is 0 Å². The number of carbonyl (C=O) groups excluding carboxylic acids is 1. The first-order valence-corrected chi connectivity index (χ1v) is 8.29. The Hall–Kier alpha value is -1.14. The van der Waals surface area contributed by atoms with Crippen LogP contribution in [0.25, 0.3) is 0 Å². The number of aliphatic carboxylic acids is 1. The summed E-state index contributed by atoms with van der Waals surface area (Å²) in [5.74, 6) is -0.478. The van der Waals surface area contributed by atoms with E-state index in [1.807, 2.05) is 6.92 Å². The van der Waals surface area contributed by atoms with Crippen LogP contribution in [0, 0.1) is 5.92 Å². The van der Waals surface area contributed by atoms with Crippen LogP contribution in [0.4, 0.5) is 0 Å². The van der Waals surface area contributed by atoms with Gasteiger partial charge in [-0.25, -0.2) is 4.79 Å². The van der Waals surface area contributed by atoms with Gasteiger partial charge in [0.15, 0.2) is 6.10 Å². The van der Waals surface area contributed by atoms with E-state index < -0.39 is 18.2 Å². The molecule has 4 atom stereocenters. The van der Waals surface area contributed by atoms with Gasteiger partial charge < -0.3 is 19.5 Å². The molecule has 6 heteroatoms. The van der Waals surface area contributed by atoms with E-state index in [0.717, 1.165) is 19.3 Å². The minimum absolute atomic E-state index is 0.102. The largest absolute Gasteiger partial charge is 0.479 e. The van der Waals surface area contributed by atoms with Crippen molar-refractivity contribution in [3.63, 3.8) is 0 Å². The molecule has 1 heterocycles. The predicted molar refractivity (Wildman–Crippen MR) is 80.5 cm³/mol. The van der Waals surface area contributed by atoms with Crippen LogP contribution in [-0.2, 0) is 19.1 Å². The standard InChI is InChI=1S/C16H27NO5/c1-3-13(22-12-6-4-5-11(2)9-12)15(18)17-7-8-21-14(10-17)16(19)20/h11-14H,3-10H2,1-2H3,(H,19,20)/t11-,12+,13-,14-/m0/s1. The van der Waals surface area contributed by atoms with E-state index in [0.29, 0.717) is 18.9 Å². The SMILES string of the molecule is CC[C@H](O[C@@H]1CCC[C@H](C)C1)C(=O)N1CCO[C@H](C(=O)O)C1. The highest BCUT2D eigenvalue weighted by atomic mass is 16.5. The molecule has 0 bridgehead atoms. The van der Waals surface area contributed by atoms with Crippen molar-refractivity contribution in [2.45, 2.75) is 64.3 Å². The first-order chi connectivity index (χ1) is 10.5. The van der Waals surface area contributed by atoms with Crippen molar-refractivity contribution < 1.29 is 24.2 Å². The highest BCUT2D eigenvalue weighted by molar-refractivity contribution is 5.82. The number of morpholine rings is 1. The maximum absolute atomic E-state index is 12.6. The molecule has 0 aromatic heterocycles. The molecule has 0 aromatic rings. The number of rotatable bonds is 5. The molecule has 0 unspecified atom stereocenters. The Morgan fingerprint density at radius 3 is 2.82 bits per heavy atom. The highest BCUT2D eigenvalue weighted by Gasteiger charge is 2.33. The van der Waals surface area contributed by atoms with Gasteiger partial charge in [0.05, 0.1) is 19.3 Å². The first kappa shape index (κ1) is 17.2. The summed E-state index contributed by atoms with van der Waals surface area (Å²) >= 11 is 0. The second kappa shape index (κ2) is 7.92. The molecule has 1 N–H and O–H groups in total. The predicted octanol–water partition coefficient (Wildman–Crippen LogP) is 1.67. The zero-order chi connectivity index (χ0) is 16.1. The van der Waals surface area contributed by atoms with E-state index >= 15 is 0 Å². The number of carbonyl (C=O) groups is 2. The van der Waals surface area contributed by atoms with Gasteiger partial charge in [-0.2, -0.15) is 0 Å². The molecule has 0 aromatic carbocycles. The molecule has 22 heavy (non-hydrogen) atoms.